The number of nitrogens with zero attached hydrogens (tertiary/aromatic N) is 1. The third-order valence-electron chi connectivity index (χ3n) is 2.77. The molecule has 1 aromatic heterocycles. The molecule has 0 aliphatic rings. The van der Waals surface area contributed by atoms with E-state index in [0.717, 1.165) is 12.1 Å². The Kier molecular flexibility index (Phi) is 5.33. The summed E-state index contributed by atoms with van der Waals surface area (Å²) < 4.78 is 38.2. The molecule has 1 aromatic carbocycles. The van der Waals surface area contributed by atoms with Crippen LogP contribution in [0.4, 0.5) is 23.7 Å². The van der Waals surface area contributed by atoms with Gasteiger partial charge in [-0.25, -0.2) is 9.78 Å². The number of benzene rings is 1. The van der Waals surface area contributed by atoms with E-state index in [1.54, 1.807) is 12.1 Å². The van der Waals surface area contributed by atoms with Crippen molar-refractivity contribution < 1.29 is 18.0 Å². The van der Waals surface area contributed by atoms with Gasteiger partial charge in [-0.1, -0.05) is 29.3 Å². The topological polar surface area (TPSA) is 54.0 Å². The second-order valence-corrected chi connectivity index (χ2v) is 5.28. The summed E-state index contributed by atoms with van der Waals surface area (Å²) in [6, 6.07) is 5.69. The van der Waals surface area contributed by atoms with E-state index in [9.17, 15) is 18.0 Å². The van der Waals surface area contributed by atoms with Crippen molar-refractivity contribution in [3.8, 4) is 0 Å². The molecule has 0 unspecified atom stereocenters. The zero-order valence-electron chi connectivity index (χ0n) is 11.4. The lowest BCUT2D eigenvalue weighted by atomic mass is 10.2. The summed E-state index contributed by atoms with van der Waals surface area (Å²) in [5, 5.41) is 4.68. The van der Waals surface area contributed by atoms with E-state index in [1.165, 1.54) is 12.3 Å². The Hall–Kier alpha value is -1.99. The number of hydrogen-bond donors (Lipinski definition) is 2. The number of alkyl halides is 3. The predicted molar refractivity (Wildman–Crippen MR) is 81.6 cm³/mol. The summed E-state index contributed by atoms with van der Waals surface area (Å²) in [6.07, 6.45) is -3.12. The number of pyridine rings is 1. The Morgan fingerprint density at radius 3 is 2.52 bits per heavy atom. The Morgan fingerprint density at radius 1 is 1.17 bits per heavy atom. The molecule has 122 valence electrons. The Bertz CT molecular complexity index is 705. The summed E-state index contributed by atoms with van der Waals surface area (Å²) in [5.74, 6) is 0. The molecule has 2 N–H and O–H groups in total. The number of urea groups is 1. The molecule has 0 spiro atoms. The number of hydrogen-bond acceptors (Lipinski definition) is 2. The van der Waals surface area contributed by atoms with Gasteiger partial charge in [0.05, 0.1) is 10.6 Å². The van der Waals surface area contributed by atoms with Crippen LogP contribution in [-0.2, 0) is 12.7 Å². The van der Waals surface area contributed by atoms with Crippen LogP contribution in [0.5, 0.6) is 0 Å². The number of aromatic nitrogens is 1. The van der Waals surface area contributed by atoms with Crippen LogP contribution in [0.25, 0.3) is 0 Å². The van der Waals surface area contributed by atoms with E-state index < -0.39 is 22.8 Å². The standard InChI is InChI=1S/C14H10Cl2F3N3O/c15-11-3-2-9(5-10(11)14(17,18)19)22-13(23)21-7-8-1-4-12(16)20-6-8/h1-6H,7H2,(H2,21,22,23). The van der Waals surface area contributed by atoms with E-state index in [1.807, 2.05) is 0 Å². The third kappa shape index (κ3) is 5.01. The first-order valence-electron chi connectivity index (χ1n) is 6.28. The molecule has 0 fully saturated rings. The minimum absolute atomic E-state index is 0.0199. The smallest absolute Gasteiger partial charge is 0.334 e. The van der Waals surface area contributed by atoms with Crippen molar-refractivity contribution in [1.29, 1.82) is 0 Å². The average molecular weight is 364 g/mol. The number of halogens is 5. The molecule has 0 aliphatic carbocycles. The second-order valence-electron chi connectivity index (χ2n) is 4.49. The molecule has 0 radical (unpaired) electrons. The van der Waals surface area contributed by atoms with Crippen LogP contribution in [0.2, 0.25) is 10.2 Å². The van der Waals surface area contributed by atoms with Gasteiger partial charge in [0, 0.05) is 18.4 Å². The molecule has 0 saturated heterocycles. The molecular weight excluding hydrogens is 354 g/mol. The van der Waals surface area contributed by atoms with E-state index in [2.05, 4.69) is 15.6 Å². The first-order valence-corrected chi connectivity index (χ1v) is 7.03. The molecule has 0 aliphatic heterocycles. The molecule has 4 nitrogen and oxygen atoms in total. The zero-order chi connectivity index (χ0) is 17.0. The summed E-state index contributed by atoms with van der Waals surface area (Å²) in [6.45, 7) is 0.149. The number of anilines is 1. The number of amides is 2. The van der Waals surface area contributed by atoms with Crippen molar-refractivity contribution in [2.24, 2.45) is 0 Å². The van der Waals surface area contributed by atoms with Gasteiger partial charge in [-0.15, -0.1) is 0 Å². The molecule has 2 aromatic rings. The number of carbonyl (C=O) groups excluding carboxylic acids is 1. The van der Waals surface area contributed by atoms with Gasteiger partial charge in [-0.05, 0) is 29.8 Å². The SMILES string of the molecule is O=C(NCc1ccc(Cl)nc1)Nc1ccc(Cl)c(C(F)(F)F)c1. The van der Waals surface area contributed by atoms with Crippen LogP contribution in [0.1, 0.15) is 11.1 Å². The van der Waals surface area contributed by atoms with Crippen LogP contribution >= 0.6 is 23.2 Å². The fourth-order valence-corrected chi connectivity index (χ4v) is 2.03. The maximum Gasteiger partial charge on any atom is 0.417 e. The van der Waals surface area contributed by atoms with Crippen LogP contribution in [0.3, 0.4) is 0 Å². The van der Waals surface area contributed by atoms with E-state index >= 15 is 0 Å². The van der Waals surface area contributed by atoms with E-state index in [4.69, 9.17) is 23.2 Å². The van der Waals surface area contributed by atoms with E-state index in [-0.39, 0.29) is 12.2 Å². The van der Waals surface area contributed by atoms with Gasteiger partial charge < -0.3 is 10.6 Å². The van der Waals surface area contributed by atoms with Gasteiger partial charge in [-0.3, -0.25) is 0 Å². The van der Waals surface area contributed by atoms with Gasteiger partial charge in [0.1, 0.15) is 5.15 Å². The normalized spacial score (nSPS) is 11.2. The van der Waals surface area contributed by atoms with Crippen LogP contribution < -0.4 is 10.6 Å². The lowest BCUT2D eigenvalue weighted by molar-refractivity contribution is -0.137. The second kappa shape index (κ2) is 7.06. The van der Waals surface area contributed by atoms with Crippen LogP contribution in [0.15, 0.2) is 36.5 Å². The Morgan fingerprint density at radius 2 is 1.91 bits per heavy atom. The minimum atomic E-state index is -4.60. The quantitative estimate of drug-likeness (QED) is 0.774. The number of carbonyl (C=O) groups is 1. The highest BCUT2D eigenvalue weighted by molar-refractivity contribution is 6.31. The highest BCUT2D eigenvalue weighted by atomic mass is 35.5. The highest BCUT2D eigenvalue weighted by Gasteiger charge is 2.33. The lowest BCUT2D eigenvalue weighted by Gasteiger charge is -2.12. The molecule has 0 saturated carbocycles. The average Bonchev–Trinajstić information content (AvgIpc) is 2.47. The largest absolute Gasteiger partial charge is 0.417 e. The van der Waals surface area contributed by atoms with Crippen molar-refractivity contribution in [1.82, 2.24) is 10.3 Å². The first-order chi connectivity index (χ1) is 10.8. The molecule has 2 rings (SSSR count). The first kappa shape index (κ1) is 17.4. The molecule has 1 heterocycles. The van der Waals surface area contributed by atoms with Crippen molar-refractivity contribution in [2.75, 3.05) is 5.32 Å². The predicted octanol–water partition coefficient (Wildman–Crippen LogP) is 4.73. The third-order valence-corrected chi connectivity index (χ3v) is 3.32. The summed E-state index contributed by atoms with van der Waals surface area (Å²) in [5.41, 5.74) is -0.344. The molecule has 23 heavy (non-hydrogen) atoms. The summed E-state index contributed by atoms with van der Waals surface area (Å²) in [4.78, 5) is 15.6. The molecule has 2 amide bonds. The summed E-state index contributed by atoms with van der Waals surface area (Å²) >= 11 is 11.1. The van der Waals surface area contributed by atoms with Gasteiger partial charge in [0.2, 0.25) is 0 Å². The van der Waals surface area contributed by atoms with Crippen molar-refractivity contribution in [3.63, 3.8) is 0 Å². The van der Waals surface area contributed by atoms with Gasteiger partial charge >= 0.3 is 12.2 Å². The summed E-state index contributed by atoms with van der Waals surface area (Å²) in [7, 11) is 0. The monoisotopic (exact) mass is 363 g/mol. The maximum absolute atomic E-state index is 12.7. The fraction of sp³-hybridized carbons (Fsp3) is 0.143. The molecular formula is C14H10Cl2F3N3O. The minimum Gasteiger partial charge on any atom is -0.334 e. The maximum atomic E-state index is 12.7. The van der Waals surface area contributed by atoms with Crippen LogP contribution in [0, 0.1) is 0 Å². The fourth-order valence-electron chi connectivity index (χ4n) is 1.69. The van der Waals surface area contributed by atoms with Gasteiger partial charge in [0.15, 0.2) is 0 Å². The van der Waals surface area contributed by atoms with Crippen molar-refractivity contribution in [3.05, 3.63) is 57.8 Å². The Labute approximate surface area is 139 Å². The molecule has 9 heteroatoms. The highest BCUT2D eigenvalue weighted by Crippen LogP contribution is 2.36. The van der Waals surface area contributed by atoms with Gasteiger partial charge in [0.25, 0.3) is 0 Å². The molecule has 0 atom stereocenters. The zero-order valence-corrected chi connectivity index (χ0v) is 12.9. The Balaban J connectivity index is 1.99. The van der Waals surface area contributed by atoms with E-state index in [0.29, 0.717) is 10.7 Å². The number of rotatable bonds is 3. The number of nitrogens with one attached hydrogen (secondary N) is 2. The van der Waals surface area contributed by atoms with Gasteiger partial charge in [-0.2, -0.15) is 13.2 Å². The lowest BCUT2D eigenvalue weighted by Crippen LogP contribution is -2.28. The van der Waals surface area contributed by atoms with Crippen molar-refractivity contribution in [2.45, 2.75) is 12.7 Å². The molecule has 0 bridgehead atoms. The van der Waals surface area contributed by atoms with Crippen LogP contribution in [-0.4, -0.2) is 11.0 Å². The van der Waals surface area contributed by atoms with Crippen molar-refractivity contribution >= 4 is 34.9 Å².